The number of nitrogens with zero attached hydrogens (tertiary/aromatic N) is 3. The van der Waals surface area contributed by atoms with Gasteiger partial charge in [-0.05, 0) is 43.3 Å². The number of hydrogen-bond acceptors (Lipinski definition) is 6. The molecule has 1 atom stereocenters. The number of amides is 2. The summed E-state index contributed by atoms with van der Waals surface area (Å²) in [6.07, 6.45) is 0.134. The van der Waals surface area contributed by atoms with Gasteiger partial charge in [0.25, 0.3) is 0 Å². The normalized spacial score (nSPS) is 15.8. The van der Waals surface area contributed by atoms with Crippen molar-refractivity contribution in [2.45, 2.75) is 13.3 Å². The van der Waals surface area contributed by atoms with Crippen LogP contribution in [-0.4, -0.2) is 47.8 Å². The molecule has 0 radical (unpaired) electrons. The van der Waals surface area contributed by atoms with Crippen LogP contribution in [0.15, 0.2) is 42.5 Å². The molecule has 4 rings (SSSR count). The fraction of sp³-hybridized carbons (Fsp3) is 0.273. The van der Waals surface area contributed by atoms with E-state index in [9.17, 15) is 9.59 Å². The molecule has 1 saturated heterocycles. The molecule has 2 N–H and O–H groups in total. The van der Waals surface area contributed by atoms with Gasteiger partial charge in [0.2, 0.25) is 11.8 Å². The average Bonchev–Trinajstić information content (AvgIpc) is 3.39. The van der Waals surface area contributed by atoms with E-state index in [-0.39, 0.29) is 24.8 Å². The topological polar surface area (TPSA) is 109 Å². The zero-order chi connectivity index (χ0) is 22.0. The minimum atomic E-state index is -0.463. The fourth-order valence-electron chi connectivity index (χ4n) is 3.54. The Morgan fingerprint density at radius 3 is 2.58 bits per heavy atom. The summed E-state index contributed by atoms with van der Waals surface area (Å²) in [6, 6.07) is 12.5. The zero-order valence-electron chi connectivity index (χ0n) is 17.5. The van der Waals surface area contributed by atoms with Crippen LogP contribution in [0.5, 0.6) is 11.5 Å². The van der Waals surface area contributed by atoms with Crippen molar-refractivity contribution in [3.63, 3.8) is 0 Å². The molecule has 9 nitrogen and oxygen atoms in total. The third kappa shape index (κ3) is 4.20. The highest BCUT2D eigenvalue weighted by molar-refractivity contribution is 6.04. The predicted octanol–water partition coefficient (Wildman–Crippen LogP) is 2.79. The van der Waals surface area contributed by atoms with E-state index in [1.165, 1.54) is 7.11 Å². The monoisotopic (exact) mass is 421 g/mol. The number of rotatable bonds is 6. The highest BCUT2D eigenvalue weighted by Crippen LogP contribution is 2.36. The second-order valence-electron chi connectivity index (χ2n) is 7.25. The summed E-state index contributed by atoms with van der Waals surface area (Å²) in [5, 5.41) is 9.82. The number of anilines is 2. The van der Waals surface area contributed by atoms with Gasteiger partial charge in [-0.3, -0.25) is 14.7 Å². The molecule has 1 aliphatic rings. The van der Waals surface area contributed by atoms with Crippen molar-refractivity contribution in [2.24, 2.45) is 5.92 Å². The Labute approximate surface area is 179 Å². The van der Waals surface area contributed by atoms with Crippen molar-refractivity contribution in [1.82, 2.24) is 15.2 Å². The summed E-state index contributed by atoms with van der Waals surface area (Å²) < 4.78 is 10.6. The van der Waals surface area contributed by atoms with Crippen molar-refractivity contribution < 1.29 is 19.1 Å². The van der Waals surface area contributed by atoms with Crippen LogP contribution in [0.1, 0.15) is 12.2 Å². The minimum absolute atomic E-state index is 0.126. The Balaban J connectivity index is 1.44. The number of benzene rings is 2. The number of methoxy groups -OCH3 is 2. The summed E-state index contributed by atoms with van der Waals surface area (Å²) in [4.78, 5) is 31.3. The molecule has 3 aromatic rings. The molecular formula is C22H23N5O4. The summed E-state index contributed by atoms with van der Waals surface area (Å²) >= 11 is 0. The SMILES string of the molecule is COc1ccc(N2CC(C(=O)Nc3ccc(-c4n[nH]c(C)n4)cc3)CC2=O)c(OC)c1. The van der Waals surface area contributed by atoms with Gasteiger partial charge in [-0.15, -0.1) is 0 Å². The quantitative estimate of drug-likeness (QED) is 0.633. The van der Waals surface area contributed by atoms with E-state index in [1.54, 1.807) is 42.3 Å². The summed E-state index contributed by atoms with van der Waals surface area (Å²) in [5.74, 6) is 1.69. The van der Waals surface area contributed by atoms with Crippen molar-refractivity contribution in [1.29, 1.82) is 0 Å². The molecule has 1 unspecified atom stereocenters. The number of ether oxygens (including phenoxy) is 2. The van der Waals surface area contributed by atoms with Crippen LogP contribution in [0.4, 0.5) is 11.4 Å². The lowest BCUT2D eigenvalue weighted by Crippen LogP contribution is -2.28. The van der Waals surface area contributed by atoms with E-state index in [2.05, 4.69) is 20.5 Å². The standard InChI is InChI=1S/C22H23N5O4/c1-13-23-21(26-25-13)14-4-6-16(7-5-14)24-22(29)15-10-20(28)27(12-15)18-9-8-17(30-2)11-19(18)31-3/h4-9,11,15H,10,12H2,1-3H3,(H,24,29)(H,23,25,26). The minimum Gasteiger partial charge on any atom is -0.497 e. The molecule has 1 fully saturated rings. The molecule has 0 bridgehead atoms. The van der Waals surface area contributed by atoms with Crippen LogP contribution in [0.2, 0.25) is 0 Å². The van der Waals surface area contributed by atoms with E-state index in [1.807, 2.05) is 19.1 Å². The van der Waals surface area contributed by atoms with Gasteiger partial charge in [0.15, 0.2) is 5.82 Å². The van der Waals surface area contributed by atoms with Gasteiger partial charge >= 0.3 is 0 Å². The van der Waals surface area contributed by atoms with Crippen LogP contribution in [0, 0.1) is 12.8 Å². The molecule has 1 aromatic heterocycles. The number of carbonyl (C=O) groups is 2. The van der Waals surface area contributed by atoms with Crippen LogP contribution >= 0.6 is 0 Å². The molecule has 2 aromatic carbocycles. The Kier molecular flexibility index (Phi) is 5.57. The first-order chi connectivity index (χ1) is 15.0. The number of aromatic amines is 1. The number of aryl methyl sites for hydroxylation is 1. The lowest BCUT2D eigenvalue weighted by Gasteiger charge is -2.20. The van der Waals surface area contributed by atoms with E-state index in [0.29, 0.717) is 28.7 Å². The van der Waals surface area contributed by atoms with Gasteiger partial charge in [-0.1, -0.05) is 0 Å². The second-order valence-corrected chi connectivity index (χ2v) is 7.25. The highest BCUT2D eigenvalue weighted by atomic mass is 16.5. The first-order valence-corrected chi connectivity index (χ1v) is 9.81. The van der Waals surface area contributed by atoms with Crippen LogP contribution in [-0.2, 0) is 9.59 Å². The average molecular weight is 421 g/mol. The second kappa shape index (κ2) is 8.47. The van der Waals surface area contributed by atoms with Crippen LogP contribution in [0.25, 0.3) is 11.4 Å². The number of hydrogen-bond donors (Lipinski definition) is 2. The summed E-state index contributed by atoms with van der Waals surface area (Å²) in [5.41, 5.74) is 2.11. The maximum atomic E-state index is 12.8. The van der Waals surface area contributed by atoms with Gasteiger partial charge in [-0.2, -0.15) is 5.10 Å². The molecule has 9 heteroatoms. The molecule has 31 heavy (non-hydrogen) atoms. The molecule has 1 aliphatic heterocycles. The predicted molar refractivity (Wildman–Crippen MR) is 115 cm³/mol. The van der Waals surface area contributed by atoms with Crippen molar-refractivity contribution in [2.75, 3.05) is 31.0 Å². The van der Waals surface area contributed by atoms with Crippen molar-refractivity contribution in [3.8, 4) is 22.9 Å². The molecule has 160 valence electrons. The Hall–Kier alpha value is -3.88. The van der Waals surface area contributed by atoms with Crippen molar-refractivity contribution in [3.05, 3.63) is 48.3 Å². The third-order valence-corrected chi connectivity index (χ3v) is 5.18. The maximum absolute atomic E-state index is 12.8. The largest absolute Gasteiger partial charge is 0.497 e. The molecule has 2 heterocycles. The third-order valence-electron chi connectivity index (χ3n) is 5.18. The lowest BCUT2D eigenvalue weighted by atomic mass is 10.1. The van der Waals surface area contributed by atoms with Gasteiger partial charge in [0, 0.05) is 30.3 Å². The van der Waals surface area contributed by atoms with E-state index in [0.717, 1.165) is 11.4 Å². The maximum Gasteiger partial charge on any atom is 0.229 e. The van der Waals surface area contributed by atoms with Crippen molar-refractivity contribution >= 4 is 23.2 Å². The Morgan fingerprint density at radius 2 is 1.94 bits per heavy atom. The Bertz CT molecular complexity index is 1110. The molecule has 2 amide bonds. The molecule has 0 aliphatic carbocycles. The molecule has 0 saturated carbocycles. The number of carbonyl (C=O) groups excluding carboxylic acids is 2. The first-order valence-electron chi connectivity index (χ1n) is 9.81. The van der Waals surface area contributed by atoms with E-state index in [4.69, 9.17) is 9.47 Å². The lowest BCUT2D eigenvalue weighted by molar-refractivity contribution is -0.122. The van der Waals surface area contributed by atoms with Crippen LogP contribution < -0.4 is 19.7 Å². The van der Waals surface area contributed by atoms with E-state index < -0.39 is 5.92 Å². The highest BCUT2D eigenvalue weighted by Gasteiger charge is 2.36. The van der Waals surface area contributed by atoms with Gasteiger partial charge in [0.1, 0.15) is 17.3 Å². The number of H-pyrrole nitrogens is 1. The smallest absolute Gasteiger partial charge is 0.229 e. The summed E-state index contributed by atoms with van der Waals surface area (Å²) in [6.45, 7) is 2.11. The van der Waals surface area contributed by atoms with Gasteiger partial charge in [-0.25, -0.2) is 4.98 Å². The molecule has 0 spiro atoms. The first kappa shape index (κ1) is 20.4. The summed E-state index contributed by atoms with van der Waals surface area (Å²) in [7, 11) is 3.10. The van der Waals surface area contributed by atoms with E-state index >= 15 is 0 Å². The molecular weight excluding hydrogens is 398 g/mol. The Morgan fingerprint density at radius 1 is 1.16 bits per heavy atom. The number of aromatic nitrogens is 3. The fourth-order valence-corrected chi connectivity index (χ4v) is 3.54. The number of nitrogens with one attached hydrogen (secondary N) is 2. The van der Waals surface area contributed by atoms with Gasteiger partial charge in [0.05, 0.1) is 25.8 Å². The van der Waals surface area contributed by atoms with Gasteiger partial charge < -0.3 is 19.7 Å². The van der Waals surface area contributed by atoms with Crippen LogP contribution in [0.3, 0.4) is 0 Å². The zero-order valence-corrected chi connectivity index (χ0v) is 17.5.